The van der Waals surface area contributed by atoms with E-state index < -0.39 is 47.2 Å². The molecule has 1 fully saturated rings. The molecule has 0 unspecified atom stereocenters. The highest BCUT2D eigenvalue weighted by Crippen LogP contribution is 2.34. The zero-order chi connectivity index (χ0) is 17.2. The molecule has 4 N–H and O–H groups in total. The molecule has 1 heterocycles. The maximum Gasteiger partial charge on any atom is 0.422 e. The van der Waals surface area contributed by atoms with Gasteiger partial charge >= 0.3 is 12.2 Å². The van der Waals surface area contributed by atoms with Crippen molar-refractivity contribution in [2.75, 3.05) is 18.4 Å². The molecular formula is C13H14F5N3O2. The zero-order valence-corrected chi connectivity index (χ0v) is 11.7. The Morgan fingerprint density at radius 2 is 1.87 bits per heavy atom. The van der Waals surface area contributed by atoms with Crippen LogP contribution in [-0.2, 0) is 6.18 Å². The van der Waals surface area contributed by atoms with E-state index in [0.717, 1.165) is 0 Å². The average Bonchev–Trinajstić information content (AvgIpc) is 2.38. The van der Waals surface area contributed by atoms with Crippen LogP contribution < -0.4 is 16.0 Å². The SMILES string of the molecule is O=C(Nc1cc(F)c(C(F)(F)F)c(F)c1)N[C@@H]1CNCC[C@H]1O. The second kappa shape index (κ2) is 6.67. The van der Waals surface area contributed by atoms with Gasteiger partial charge in [0.05, 0.1) is 12.1 Å². The number of nitrogens with one attached hydrogen (secondary N) is 3. The molecule has 2 atom stereocenters. The maximum absolute atomic E-state index is 13.4. The first-order valence-corrected chi connectivity index (χ1v) is 6.71. The number of piperidine rings is 1. The van der Waals surface area contributed by atoms with Gasteiger partial charge in [-0.25, -0.2) is 13.6 Å². The van der Waals surface area contributed by atoms with E-state index in [1.165, 1.54) is 0 Å². The van der Waals surface area contributed by atoms with Gasteiger partial charge in [-0.05, 0) is 25.1 Å². The molecule has 10 heteroatoms. The molecule has 2 rings (SSSR count). The standard InChI is InChI=1S/C13H14F5N3O2/c14-7-3-6(4-8(15)11(7)13(16,17)18)20-12(23)21-9-5-19-2-1-10(9)22/h3-4,9-10,19,22H,1-2,5H2,(H2,20,21,23)/t9-,10-/m1/s1. The minimum atomic E-state index is -5.17. The Morgan fingerprint density at radius 1 is 1.26 bits per heavy atom. The van der Waals surface area contributed by atoms with Crippen molar-refractivity contribution in [1.82, 2.24) is 10.6 Å². The fourth-order valence-corrected chi connectivity index (χ4v) is 2.24. The number of rotatable bonds is 2. The number of amides is 2. The predicted molar refractivity (Wildman–Crippen MR) is 70.8 cm³/mol. The van der Waals surface area contributed by atoms with Crippen LogP contribution in [-0.4, -0.2) is 36.4 Å². The minimum absolute atomic E-state index is 0.296. The minimum Gasteiger partial charge on any atom is -0.391 e. The molecule has 0 radical (unpaired) electrons. The average molecular weight is 339 g/mol. The molecule has 0 bridgehead atoms. The van der Waals surface area contributed by atoms with Gasteiger partial charge in [-0.3, -0.25) is 0 Å². The van der Waals surface area contributed by atoms with Gasteiger partial charge in [0.15, 0.2) is 0 Å². The lowest BCUT2D eigenvalue weighted by Gasteiger charge is -2.29. The molecule has 1 aromatic carbocycles. The Bertz CT molecular complexity index is 570. The molecule has 23 heavy (non-hydrogen) atoms. The van der Waals surface area contributed by atoms with Crippen LogP contribution in [0.2, 0.25) is 0 Å². The van der Waals surface area contributed by atoms with Gasteiger partial charge in [-0.2, -0.15) is 13.2 Å². The van der Waals surface area contributed by atoms with E-state index in [1.807, 2.05) is 5.32 Å². The first kappa shape index (κ1) is 17.4. The monoisotopic (exact) mass is 339 g/mol. The number of halogens is 5. The van der Waals surface area contributed by atoms with E-state index in [2.05, 4.69) is 10.6 Å². The molecule has 5 nitrogen and oxygen atoms in total. The lowest BCUT2D eigenvalue weighted by atomic mass is 10.0. The molecule has 1 aromatic rings. The molecule has 0 saturated carbocycles. The molecule has 0 aliphatic carbocycles. The van der Waals surface area contributed by atoms with Gasteiger partial charge in [0.2, 0.25) is 0 Å². The summed E-state index contributed by atoms with van der Waals surface area (Å²) in [6.45, 7) is 0.876. The van der Waals surface area contributed by atoms with Gasteiger partial charge in [-0.15, -0.1) is 0 Å². The van der Waals surface area contributed by atoms with Crippen molar-refractivity contribution in [3.8, 4) is 0 Å². The molecular weight excluding hydrogens is 325 g/mol. The molecule has 0 aromatic heterocycles. The second-order valence-electron chi connectivity index (χ2n) is 5.08. The van der Waals surface area contributed by atoms with E-state index >= 15 is 0 Å². The lowest BCUT2D eigenvalue weighted by molar-refractivity contribution is -0.142. The van der Waals surface area contributed by atoms with Crippen molar-refractivity contribution >= 4 is 11.7 Å². The van der Waals surface area contributed by atoms with Crippen LogP contribution in [0, 0.1) is 11.6 Å². The number of hydrogen-bond acceptors (Lipinski definition) is 3. The van der Waals surface area contributed by atoms with Gasteiger partial charge < -0.3 is 21.1 Å². The normalized spacial score (nSPS) is 21.8. The summed E-state index contributed by atoms with van der Waals surface area (Å²) in [5, 5.41) is 17.0. The van der Waals surface area contributed by atoms with Crippen LogP contribution in [0.15, 0.2) is 12.1 Å². The number of anilines is 1. The van der Waals surface area contributed by atoms with Gasteiger partial charge in [-0.1, -0.05) is 0 Å². The maximum atomic E-state index is 13.4. The number of carbonyl (C=O) groups is 1. The van der Waals surface area contributed by atoms with E-state index in [1.54, 1.807) is 0 Å². The molecule has 1 saturated heterocycles. The van der Waals surface area contributed by atoms with Crippen molar-refractivity contribution in [2.45, 2.75) is 24.7 Å². The van der Waals surface area contributed by atoms with Crippen LogP contribution >= 0.6 is 0 Å². The number of urea groups is 1. The zero-order valence-electron chi connectivity index (χ0n) is 11.7. The summed E-state index contributed by atoms with van der Waals surface area (Å²) >= 11 is 0. The highest BCUT2D eigenvalue weighted by molar-refractivity contribution is 5.89. The summed E-state index contributed by atoms with van der Waals surface area (Å²) in [5.41, 5.74) is -2.49. The molecule has 2 amide bonds. The summed E-state index contributed by atoms with van der Waals surface area (Å²) in [6, 6.07) is -0.758. The summed E-state index contributed by atoms with van der Waals surface area (Å²) in [4.78, 5) is 11.7. The fraction of sp³-hybridized carbons (Fsp3) is 0.462. The summed E-state index contributed by atoms with van der Waals surface area (Å²) in [7, 11) is 0. The van der Waals surface area contributed by atoms with E-state index in [-0.39, 0.29) is 0 Å². The number of aliphatic hydroxyl groups excluding tert-OH is 1. The third-order valence-corrected chi connectivity index (χ3v) is 3.35. The Morgan fingerprint density at radius 3 is 2.39 bits per heavy atom. The van der Waals surface area contributed by atoms with Crippen LogP contribution in [0.1, 0.15) is 12.0 Å². The van der Waals surface area contributed by atoms with Crippen molar-refractivity contribution in [2.24, 2.45) is 0 Å². The van der Waals surface area contributed by atoms with Gasteiger partial charge in [0.25, 0.3) is 0 Å². The fourth-order valence-electron chi connectivity index (χ4n) is 2.24. The summed E-state index contributed by atoms with van der Waals surface area (Å²) in [6.07, 6.45) is -5.55. The van der Waals surface area contributed by atoms with E-state index in [0.29, 0.717) is 31.6 Å². The molecule has 0 spiro atoms. The van der Waals surface area contributed by atoms with Crippen molar-refractivity contribution < 1.29 is 31.9 Å². The lowest BCUT2D eigenvalue weighted by Crippen LogP contribution is -2.54. The Hall–Kier alpha value is -1.94. The van der Waals surface area contributed by atoms with E-state index in [4.69, 9.17) is 0 Å². The van der Waals surface area contributed by atoms with Crippen LogP contribution in [0.3, 0.4) is 0 Å². The number of alkyl halides is 3. The summed E-state index contributed by atoms with van der Waals surface area (Å²) in [5.74, 6) is -3.65. The van der Waals surface area contributed by atoms with Crippen molar-refractivity contribution in [3.63, 3.8) is 0 Å². The second-order valence-corrected chi connectivity index (χ2v) is 5.08. The highest BCUT2D eigenvalue weighted by Gasteiger charge is 2.38. The van der Waals surface area contributed by atoms with Gasteiger partial charge in [0.1, 0.15) is 17.2 Å². The van der Waals surface area contributed by atoms with Gasteiger partial charge in [0, 0.05) is 12.2 Å². The summed E-state index contributed by atoms with van der Waals surface area (Å²) < 4.78 is 64.1. The predicted octanol–water partition coefficient (Wildman–Crippen LogP) is 1.83. The smallest absolute Gasteiger partial charge is 0.391 e. The highest BCUT2D eigenvalue weighted by atomic mass is 19.4. The Labute approximate surface area is 127 Å². The van der Waals surface area contributed by atoms with E-state index in [9.17, 15) is 31.9 Å². The van der Waals surface area contributed by atoms with Crippen LogP contribution in [0.4, 0.5) is 32.4 Å². The van der Waals surface area contributed by atoms with Crippen LogP contribution in [0.5, 0.6) is 0 Å². The third-order valence-electron chi connectivity index (χ3n) is 3.35. The Kier molecular flexibility index (Phi) is 5.05. The first-order valence-electron chi connectivity index (χ1n) is 6.71. The topological polar surface area (TPSA) is 73.4 Å². The number of aliphatic hydroxyl groups is 1. The molecule has 1 aliphatic rings. The molecule has 128 valence electrons. The number of carbonyl (C=O) groups excluding carboxylic acids is 1. The number of hydrogen-bond donors (Lipinski definition) is 4. The largest absolute Gasteiger partial charge is 0.422 e. The third kappa shape index (κ3) is 4.29. The van der Waals surface area contributed by atoms with Crippen molar-refractivity contribution in [3.05, 3.63) is 29.3 Å². The van der Waals surface area contributed by atoms with Crippen molar-refractivity contribution in [1.29, 1.82) is 0 Å². The first-order chi connectivity index (χ1) is 10.7. The number of benzene rings is 1. The molecule has 1 aliphatic heterocycles. The van der Waals surface area contributed by atoms with Crippen LogP contribution in [0.25, 0.3) is 0 Å². The quantitative estimate of drug-likeness (QED) is 0.621. The Balaban J connectivity index is 2.07.